The molecule has 0 saturated heterocycles. The molecule has 0 amide bonds. The quantitative estimate of drug-likeness (QED) is 0.787. The van der Waals surface area contributed by atoms with Gasteiger partial charge in [-0.05, 0) is 24.3 Å². The monoisotopic (exact) mass is 271 g/mol. The molecule has 0 fully saturated rings. The minimum absolute atomic E-state index is 0.189. The third-order valence-corrected chi connectivity index (χ3v) is 4.71. The van der Waals surface area contributed by atoms with Gasteiger partial charge in [-0.3, -0.25) is 9.71 Å². The van der Waals surface area contributed by atoms with E-state index in [1.165, 1.54) is 23.9 Å². The molecule has 3 N–H and O–H groups in total. The van der Waals surface area contributed by atoms with Gasteiger partial charge in [-0.25, -0.2) is 8.42 Å². The fraction of sp³-hybridized carbons (Fsp3) is 0.300. The molecular weight excluding hydrogens is 258 g/mol. The zero-order chi connectivity index (χ0) is 12.5. The Kier molecular flexibility index (Phi) is 3.30. The third kappa shape index (κ3) is 2.92. The Balaban J connectivity index is 2.17. The molecule has 1 atom stereocenters. The number of aliphatic imine (C=N–C) groups is 1. The van der Waals surface area contributed by atoms with Crippen molar-refractivity contribution in [2.75, 3.05) is 12.3 Å². The average molecular weight is 271 g/mol. The van der Waals surface area contributed by atoms with E-state index in [0.29, 0.717) is 22.6 Å². The summed E-state index contributed by atoms with van der Waals surface area (Å²) in [5.41, 5.74) is 6.04. The summed E-state index contributed by atoms with van der Waals surface area (Å²) in [5.74, 6) is 0. The third-order valence-electron chi connectivity index (χ3n) is 2.22. The minimum Gasteiger partial charge on any atom is -0.399 e. The normalized spacial score (nSPS) is 20.1. The second-order valence-electron chi connectivity index (χ2n) is 3.75. The highest BCUT2D eigenvalue weighted by Gasteiger charge is 2.21. The molecule has 0 radical (unpaired) electrons. The number of rotatable bonds is 2. The van der Waals surface area contributed by atoms with E-state index in [1.54, 1.807) is 12.1 Å². The van der Waals surface area contributed by atoms with Crippen molar-refractivity contribution in [1.29, 1.82) is 0 Å². The largest absolute Gasteiger partial charge is 0.399 e. The van der Waals surface area contributed by atoms with Gasteiger partial charge in [-0.2, -0.15) is 0 Å². The van der Waals surface area contributed by atoms with Crippen LogP contribution in [0.25, 0.3) is 0 Å². The van der Waals surface area contributed by atoms with Crippen LogP contribution in [0.15, 0.2) is 34.2 Å². The minimum atomic E-state index is -3.54. The fourth-order valence-electron chi connectivity index (χ4n) is 1.35. The summed E-state index contributed by atoms with van der Waals surface area (Å²) in [7, 11) is -3.54. The number of anilines is 1. The van der Waals surface area contributed by atoms with Crippen LogP contribution < -0.4 is 10.5 Å². The van der Waals surface area contributed by atoms with Crippen molar-refractivity contribution in [3.05, 3.63) is 24.3 Å². The number of benzene rings is 1. The van der Waals surface area contributed by atoms with Crippen molar-refractivity contribution in [1.82, 2.24) is 4.72 Å². The van der Waals surface area contributed by atoms with Gasteiger partial charge in [0.2, 0.25) is 0 Å². The summed E-state index contributed by atoms with van der Waals surface area (Å²) in [5, 5.41) is 0.772. The van der Waals surface area contributed by atoms with Crippen molar-refractivity contribution in [2.45, 2.75) is 17.1 Å². The lowest BCUT2D eigenvalue weighted by molar-refractivity contribution is 0.593. The van der Waals surface area contributed by atoms with Gasteiger partial charge in [0, 0.05) is 10.9 Å². The number of nitrogen functional groups attached to an aromatic ring is 1. The summed E-state index contributed by atoms with van der Waals surface area (Å²) in [6, 6.07) is 6.06. The van der Waals surface area contributed by atoms with Crippen LogP contribution in [0.5, 0.6) is 0 Å². The lowest BCUT2D eigenvalue weighted by atomic mass is 10.3. The molecule has 7 heteroatoms. The topological polar surface area (TPSA) is 84.5 Å². The molecule has 1 aromatic rings. The molecule has 1 aliphatic heterocycles. The average Bonchev–Trinajstić information content (AvgIpc) is 2.63. The lowest BCUT2D eigenvalue weighted by Gasteiger charge is -2.07. The van der Waals surface area contributed by atoms with E-state index >= 15 is 0 Å². The summed E-state index contributed by atoms with van der Waals surface area (Å²) in [6.07, 6.45) is 0. The van der Waals surface area contributed by atoms with E-state index in [2.05, 4.69) is 9.71 Å². The van der Waals surface area contributed by atoms with Gasteiger partial charge in [0.15, 0.2) is 5.17 Å². The predicted molar refractivity (Wildman–Crippen MR) is 70.5 cm³/mol. The Labute approximate surface area is 105 Å². The Hall–Kier alpha value is -1.21. The zero-order valence-corrected chi connectivity index (χ0v) is 10.9. The maximum absolute atomic E-state index is 12.0. The molecule has 0 spiro atoms. The molecule has 0 aromatic heterocycles. The smallest absolute Gasteiger partial charge is 0.263 e. The first-order chi connectivity index (χ1) is 7.97. The van der Waals surface area contributed by atoms with Gasteiger partial charge < -0.3 is 5.73 Å². The Morgan fingerprint density at radius 1 is 1.41 bits per heavy atom. The molecule has 0 bridgehead atoms. The van der Waals surface area contributed by atoms with Gasteiger partial charge in [0.05, 0.1) is 11.4 Å². The van der Waals surface area contributed by atoms with Crippen LogP contribution >= 0.6 is 11.8 Å². The SMILES string of the molecule is CC1CN=C(NS(=O)(=O)c2ccc(N)cc2)S1. The second-order valence-corrected chi connectivity index (χ2v) is 6.86. The van der Waals surface area contributed by atoms with E-state index < -0.39 is 10.0 Å². The lowest BCUT2D eigenvalue weighted by Crippen LogP contribution is -2.27. The van der Waals surface area contributed by atoms with E-state index in [1.807, 2.05) is 6.92 Å². The van der Waals surface area contributed by atoms with Gasteiger partial charge in [-0.15, -0.1) is 0 Å². The van der Waals surface area contributed by atoms with Gasteiger partial charge in [0.1, 0.15) is 0 Å². The van der Waals surface area contributed by atoms with E-state index in [-0.39, 0.29) is 4.90 Å². The molecule has 5 nitrogen and oxygen atoms in total. The molecule has 1 aliphatic rings. The maximum Gasteiger partial charge on any atom is 0.263 e. The highest BCUT2D eigenvalue weighted by atomic mass is 32.2. The van der Waals surface area contributed by atoms with Crippen LogP contribution in [0.4, 0.5) is 5.69 Å². The van der Waals surface area contributed by atoms with Crippen molar-refractivity contribution < 1.29 is 8.42 Å². The zero-order valence-electron chi connectivity index (χ0n) is 9.25. The predicted octanol–water partition coefficient (Wildman–Crippen LogP) is 1.04. The van der Waals surface area contributed by atoms with Crippen LogP contribution in [-0.2, 0) is 10.0 Å². The maximum atomic E-state index is 12.0. The molecule has 92 valence electrons. The Bertz CT molecular complexity index is 537. The number of nitrogens with one attached hydrogen (secondary N) is 1. The highest BCUT2D eigenvalue weighted by Crippen LogP contribution is 2.20. The Morgan fingerprint density at radius 2 is 2.06 bits per heavy atom. The summed E-state index contributed by atoms with van der Waals surface area (Å²) < 4.78 is 26.4. The molecule has 17 heavy (non-hydrogen) atoms. The summed E-state index contributed by atoms with van der Waals surface area (Å²) in [4.78, 5) is 4.30. The van der Waals surface area contributed by atoms with Crippen LogP contribution in [0.3, 0.4) is 0 Å². The number of thioether (sulfide) groups is 1. The van der Waals surface area contributed by atoms with Gasteiger partial charge in [0.25, 0.3) is 10.0 Å². The number of hydrogen-bond acceptors (Lipinski definition) is 5. The number of nitrogens with two attached hydrogens (primary N) is 1. The molecule has 1 heterocycles. The first-order valence-electron chi connectivity index (χ1n) is 5.07. The van der Waals surface area contributed by atoms with Crippen molar-refractivity contribution in [2.24, 2.45) is 4.99 Å². The van der Waals surface area contributed by atoms with E-state index in [9.17, 15) is 8.42 Å². The Morgan fingerprint density at radius 3 is 2.59 bits per heavy atom. The fourth-order valence-corrected chi connectivity index (χ4v) is 3.46. The number of sulfonamides is 1. The van der Waals surface area contributed by atoms with Gasteiger partial charge >= 0.3 is 0 Å². The second kappa shape index (κ2) is 4.58. The van der Waals surface area contributed by atoms with Crippen molar-refractivity contribution in [3.8, 4) is 0 Å². The van der Waals surface area contributed by atoms with Crippen molar-refractivity contribution >= 4 is 32.6 Å². The summed E-state index contributed by atoms with van der Waals surface area (Å²) >= 11 is 1.43. The molecular formula is C10H13N3O2S2. The summed E-state index contributed by atoms with van der Waals surface area (Å²) in [6.45, 7) is 2.64. The van der Waals surface area contributed by atoms with E-state index in [0.717, 1.165) is 0 Å². The number of hydrogen-bond donors (Lipinski definition) is 2. The first kappa shape index (κ1) is 12.3. The standard InChI is InChI=1S/C10H13N3O2S2/c1-7-6-12-10(16-7)13-17(14,15)9-4-2-8(11)3-5-9/h2-5,7H,6,11H2,1H3,(H,12,13). The molecule has 0 aliphatic carbocycles. The van der Waals surface area contributed by atoms with Crippen LogP contribution in [0, 0.1) is 0 Å². The van der Waals surface area contributed by atoms with Gasteiger partial charge in [-0.1, -0.05) is 18.7 Å². The molecule has 1 aromatic carbocycles. The number of amidine groups is 1. The van der Waals surface area contributed by atoms with Crippen LogP contribution in [0.1, 0.15) is 6.92 Å². The van der Waals surface area contributed by atoms with Crippen LogP contribution in [0.2, 0.25) is 0 Å². The van der Waals surface area contributed by atoms with Crippen molar-refractivity contribution in [3.63, 3.8) is 0 Å². The number of nitrogens with zero attached hydrogens (tertiary/aromatic N) is 1. The molecule has 0 saturated carbocycles. The van der Waals surface area contributed by atoms with Crippen LogP contribution in [-0.4, -0.2) is 25.4 Å². The molecule has 2 rings (SSSR count). The molecule has 1 unspecified atom stereocenters. The van der Waals surface area contributed by atoms with E-state index in [4.69, 9.17) is 5.73 Å². The highest BCUT2D eigenvalue weighted by molar-refractivity contribution is 8.15. The first-order valence-corrected chi connectivity index (χ1v) is 7.43.